The van der Waals surface area contributed by atoms with Crippen molar-refractivity contribution >= 4 is 0 Å². The maximum absolute atomic E-state index is 3.45. The lowest BCUT2D eigenvalue weighted by Gasteiger charge is -2.43. The van der Waals surface area contributed by atoms with Crippen LogP contribution < -0.4 is 5.32 Å². The molecule has 1 aliphatic rings. The van der Waals surface area contributed by atoms with Gasteiger partial charge in [0, 0.05) is 31.7 Å². The number of nitrogens with zero attached hydrogens (tertiary/aromatic N) is 2. The van der Waals surface area contributed by atoms with Gasteiger partial charge in [-0.3, -0.25) is 4.90 Å². The van der Waals surface area contributed by atoms with Gasteiger partial charge in [-0.2, -0.15) is 0 Å². The maximum Gasteiger partial charge on any atom is 0.0198 e. The van der Waals surface area contributed by atoms with Crippen molar-refractivity contribution < 1.29 is 0 Å². The molecule has 0 aliphatic carbocycles. The predicted molar refractivity (Wildman–Crippen MR) is 70.8 cm³/mol. The molecule has 0 aromatic carbocycles. The van der Waals surface area contributed by atoms with Crippen LogP contribution in [0, 0.1) is 5.92 Å². The molecule has 0 aromatic rings. The van der Waals surface area contributed by atoms with Crippen LogP contribution >= 0.6 is 0 Å². The largest absolute Gasteiger partial charge is 0.317 e. The smallest absolute Gasteiger partial charge is 0.0198 e. The molecule has 1 saturated heterocycles. The molecule has 0 saturated carbocycles. The van der Waals surface area contributed by atoms with Crippen molar-refractivity contribution in [2.24, 2.45) is 5.92 Å². The average molecular weight is 227 g/mol. The van der Waals surface area contributed by atoms with E-state index < -0.39 is 0 Å². The SMILES string of the molecule is CCNCC(C)C(C)N1CCN(C)CC1C. The number of hydrogen-bond donors (Lipinski definition) is 1. The second kappa shape index (κ2) is 6.58. The summed E-state index contributed by atoms with van der Waals surface area (Å²) in [5.74, 6) is 0.728. The van der Waals surface area contributed by atoms with Gasteiger partial charge in [0.1, 0.15) is 0 Å². The Morgan fingerprint density at radius 3 is 2.56 bits per heavy atom. The van der Waals surface area contributed by atoms with Crippen LogP contribution in [0.1, 0.15) is 27.7 Å². The molecule has 1 rings (SSSR count). The summed E-state index contributed by atoms with van der Waals surface area (Å²) in [5.41, 5.74) is 0. The molecule has 96 valence electrons. The van der Waals surface area contributed by atoms with Crippen LogP contribution in [0.15, 0.2) is 0 Å². The van der Waals surface area contributed by atoms with Crippen LogP contribution in [0.5, 0.6) is 0 Å². The van der Waals surface area contributed by atoms with Crippen molar-refractivity contribution in [3.8, 4) is 0 Å². The van der Waals surface area contributed by atoms with Crippen molar-refractivity contribution in [2.75, 3.05) is 39.8 Å². The van der Waals surface area contributed by atoms with Gasteiger partial charge < -0.3 is 10.2 Å². The van der Waals surface area contributed by atoms with Gasteiger partial charge in [0.15, 0.2) is 0 Å². The minimum Gasteiger partial charge on any atom is -0.317 e. The third-order valence-corrected chi connectivity index (χ3v) is 3.94. The lowest BCUT2D eigenvalue weighted by molar-refractivity contribution is 0.0471. The highest BCUT2D eigenvalue weighted by Crippen LogP contribution is 2.17. The summed E-state index contributed by atoms with van der Waals surface area (Å²) in [4.78, 5) is 5.10. The Kier molecular flexibility index (Phi) is 5.73. The average Bonchev–Trinajstić information content (AvgIpc) is 2.25. The first kappa shape index (κ1) is 13.9. The van der Waals surface area contributed by atoms with E-state index in [1.54, 1.807) is 0 Å². The Morgan fingerprint density at radius 2 is 2.00 bits per heavy atom. The molecule has 1 aliphatic heterocycles. The highest BCUT2D eigenvalue weighted by Gasteiger charge is 2.28. The standard InChI is InChI=1S/C13H29N3/c1-6-14-9-11(2)13(4)16-8-7-15(5)10-12(16)3/h11-14H,6-10H2,1-5H3. The first-order chi connectivity index (χ1) is 7.56. The highest BCUT2D eigenvalue weighted by molar-refractivity contribution is 4.84. The monoisotopic (exact) mass is 227 g/mol. The fraction of sp³-hybridized carbons (Fsp3) is 1.00. The first-order valence-corrected chi connectivity index (χ1v) is 6.71. The van der Waals surface area contributed by atoms with Gasteiger partial charge in [0.05, 0.1) is 0 Å². The van der Waals surface area contributed by atoms with Crippen LogP contribution in [0.25, 0.3) is 0 Å². The molecular weight excluding hydrogens is 198 g/mol. The van der Waals surface area contributed by atoms with Crippen LogP contribution in [0.4, 0.5) is 0 Å². The fourth-order valence-corrected chi connectivity index (χ4v) is 2.63. The fourth-order valence-electron chi connectivity index (χ4n) is 2.63. The normalized spacial score (nSPS) is 27.9. The van der Waals surface area contributed by atoms with Gasteiger partial charge in [-0.25, -0.2) is 0 Å². The van der Waals surface area contributed by atoms with Crippen molar-refractivity contribution in [1.82, 2.24) is 15.1 Å². The van der Waals surface area contributed by atoms with Crippen LogP contribution in [0.3, 0.4) is 0 Å². The van der Waals surface area contributed by atoms with E-state index in [1.165, 1.54) is 19.6 Å². The second-order valence-corrected chi connectivity index (χ2v) is 5.37. The van der Waals surface area contributed by atoms with Crippen LogP contribution in [-0.4, -0.2) is 61.7 Å². The second-order valence-electron chi connectivity index (χ2n) is 5.37. The molecule has 0 radical (unpaired) electrons. The number of nitrogens with one attached hydrogen (secondary N) is 1. The molecule has 16 heavy (non-hydrogen) atoms. The Bertz CT molecular complexity index is 196. The summed E-state index contributed by atoms with van der Waals surface area (Å²) in [6.07, 6.45) is 0. The summed E-state index contributed by atoms with van der Waals surface area (Å²) in [5, 5.41) is 3.45. The zero-order valence-corrected chi connectivity index (χ0v) is 11.7. The van der Waals surface area contributed by atoms with E-state index in [2.05, 4.69) is 49.9 Å². The van der Waals surface area contributed by atoms with Gasteiger partial charge >= 0.3 is 0 Å². The minimum absolute atomic E-state index is 0.683. The summed E-state index contributed by atoms with van der Waals surface area (Å²) in [7, 11) is 2.22. The summed E-state index contributed by atoms with van der Waals surface area (Å²) < 4.78 is 0. The van der Waals surface area contributed by atoms with Crippen LogP contribution in [-0.2, 0) is 0 Å². The molecule has 3 unspecified atom stereocenters. The number of rotatable bonds is 5. The summed E-state index contributed by atoms with van der Waals surface area (Å²) in [6, 6.07) is 1.38. The minimum atomic E-state index is 0.683. The molecule has 3 heteroatoms. The van der Waals surface area contributed by atoms with E-state index in [1.807, 2.05) is 0 Å². The van der Waals surface area contributed by atoms with E-state index in [-0.39, 0.29) is 0 Å². The van der Waals surface area contributed by atoms with E-state index in [9.17, 15) is 0 Å². The van der Waals surface area contributed by atoms with Crippen molar-refractivity contribution in [2.45, 2.75) is 39.8 Å². The molecule has 3 atom stereocenters. The van der Waals surface area contributed by atoms with E-state index >= 15 is 0 Å². The molecule has 1 N–H and O–H groups in total. The molecule has 0 aromatic heterocycles. The quantitative estimate of drug-likeness (QED) is 0.763. The summed E-state index contributed by atoms with van der Waals surface area (Å²) >= 11 is 0. The van der Waals surface area contributed by atoms with Gasteiger partial charge in [0.2, 0.25) is 0 Å². The Labute approximate surface area is 101 Å². The summed E-state index contributed by atoms with van der Waals surface area (Å²) in [6.45, 7) is 15.1. The third-order valence-electron chi connectivity index (χ3n) is 3.94. The molecule has 0 amide bonds. The molecule has 1 fully saturated rings. The zero-order valence-electron chi connectivity index (χ0n) is 11.7. The van der Waals surface area contributed by atoms with E-state index in [4.69, 9.17) is 0 Å². The van der Waals surface area contributed by atoms with Crippen LogP contribution in [0.2, 0.25) is 0 Å². The number of hydrogen-bond acceptors (Lipinski definition) is 3. The molecule has 0 bridgehead atoms. The first-order valence-electron chi connectivity index (χ1n) is 6.71. The van der Waals surface area contributed by atoms with Crippen molar-refractivity contribution in [1.29, 1.82) is 0 Å². The lowest BCUT2D eigenvalue weighted by atomic mass is 9.99. The molecular formula is C13H29N3. The van der Waals surface area contributed by atoms with E-state index in [0.29, 0.717) is 12.1 Å². The van der Waals surface area contributed by atoms with Gasteiger partial charge in [-0.15, -0.1) is 0 Å². The molecule has 0 spiro atoms. The van der Waals surface area contributed by atoms with Gasteiger partial charge in [0.25, 0.3) is 0 Å². The molecule has 1 heterocycles. The highest BCUT2D eigenvalue weighted by atomic mass is 15.3. The Morgan fingerprint density at radius 1 is 1.31 bits per heavy atom. The zero-order chi connectivity index (χ0) is 12.1. The number of likely N-dealkylation sites (N-methyl/N-ethyl adjacent to an activating group) is 1. The lowest BCUT2D eigenvalue weighted by Crippen LogP contribution is -2.55. The Balaban J connectivity index is 2.42. The predicted octanol–water partition coefficient (Wildman–Crippen LogP) is 1.26. The number of piperazine rings is 1. The van der Waals surface area contributed by atoms with E-state index in [0.717, 1.165) is 19.0 Å². The third kappa shape index (κ3) is 3.72. The van der Waals surface area contributed by atoms with Crippen molar-refractivity contribution in [3.63, 3.8) is 0 Å². The van der Waals surface area contributed by atoms with Gasteiger partial charge in [-0.1, -0.05) is 13.8 Å². The molecule has 3 nitrogen and oxygen atoms in total. The topological polar surface area (TPSA) is 18.5 Å². The maximum atomic E-state index is 3.45. The Hall–Kier alpha value is -0.120. The van der Waals surface area contributed by atoms with Gasteiger partial charge in [-0.05, 0) is 39.9 Å². The van der Waals surface area contributed by atoms with Crippen molar-refractivity contribution in [3.05, 3.63) is 0 Å².